The van der Waals surface area contributed by atoms with Crippen LogP contribution in [0.3, 0.4) is 0 Å². The standard InChI is InChI=1S/C14H25N5O2/c1-2-20-11-13-16-12(18-15)10-14(17-13)21-9-8-19-6-4-3-5-7-19/h10H,2-9,11,15H2,1H3,(H,16,17,18). The van der Waals surface area contributed by atoms with Gasteiger partial charge in [-0.3, -0.25) is 4.90 Å². The number of nitrogens with one attached hydrogen (secondary N) is 1. The number of anilines is 1. The average Bonchev–Trinajstić information content (AvgIpc) is 2.53. The van der Waals surface area contributed by atoms with Crippen molar-refractivity contribution in [3.05, 3.63) is 11.9 Å². The first-order valence-corrected chi connectivity index (χ1v) is 7.59. The molecule has 0 amide bonds. The lowest BCUT2D eigenvalue weighted by atomic mass is 10.1. The predicted octanol–water partition coefficient (Wildman–Crippen LogP) is 1.16. The quantitative estimate of drug-likeness (QED) is 0.550. The number of likely N-dealkylation sites (tertiary alicyclic amines) is 1. The van der Waals surface area contributed by atoms with E-state index in [9.17, 15) is 0 Å². The van der Waals surface area contributed by atoms with E-state index in [4.69, 9.17) is 15.3 Å². The highest BCUT2D eigenvalue weighted by atomic mass is 16.5. The van der Waals surface area contributed by atoms with Crippen molar-refractivity contribution in [2.45, 2.75) is 32.8 Å². The number of nitrogens with two attached hydrogens (primary N) is 1. The highest BCUT2D eigenvalue weighted by Crippen LogP contribution is 2.14. The van der Waals surface area contributed by atoms with Crippen molar-refractivity contribution in [3.63, 3.8) is 0 Å². The van der Waals surface area contributed by atoms with Crippen molar-refractivity contribution in [1.82, 2.24) is 14.9 Å². The van der Waals surface area contributed by atoms with E-state index in [0.717, 1.165) is 6.54 Å². The topological polar surface area (TPSA) is 85.5 Å². The molecule has 0 spiro atoms. The Morgan fingerprint density at radius 2 is 2.10 bits per heavy atom. The van der Waals surface area contributed by atoms with Crippen LogP contribution in [0.4, 0.5) is 5.82 Å². The summed E-state index contributed by atoms with van der Waals surface area (Å²) >= 11 is 0. The normalized spacial score (nSPS) is 15.9. The van der Waals surface area contributed by atoms with Crippen LogP contribution >= 0.6 is 0 Å². The third-order valence-corrected chi connectivity index (χ3v) is 3.44. The van der Waals surface area contributed by atoms with Gasteiger partial charge >= 0.3 is 0 Å². The lowest BCUT2D eigenvalue weighted by molar-refractivity contribution is 0.127. The van der Waals surface area contributed by atoms with Gasteiger partial charge in [0.05, 0.1) is 0 Å². The van der Waals surface area contributed by atoms with Crippen molar-refractivity contribution in [3.8, 4) is 5.88 Å². The van der Waals surface area contributed by atoms with Gasteiger partial charge in [-0.05, 0) is 32.9 Å². The highest BCUT2D eigenvalue weighted by molar-refractivity contribution is 5.36. The molecule has 3 N–H and O–H groups in total. The molecule has 7 heteroatoms. The van der Waals surface area contributed by atoms with Crippen molar-refractivity contribution in [1.29, 1.82) is 0 Å². The van der Waals surface area contributed by atoms with Gasteiger partial charge in [-0.25, -0.2) is 10.8 Å². The third-order valence-electron chi connectivity index (χ3n) is 3.44. The maximum absolute atomic E-state index is 5.73. The van der Waals surface area contributed by atoms with Gasteiger partial charge in [0, 0.05) is 19.2 Å². The Kier molecular flexibility index (Phi) is 6.65. The molecule has 0 aliphatic carbocycles. The Morgan fingerprint density at radius 1 is 1.29 bits per heavy atom. The molecule has 21 heavy (non-hydrogen) atoms. The lowest BCUT2D eigenvalue weighted by Crippen LogP contribution is -2.33. The second-order valence-corrected chi connectivity index (χ2v) is 5.04. The van der Waals surface area contributed by atoms with Crippen molar-refractivity contribution < 1.29 is 9.47 Å². The van der Waals surface area contributed by atoms with E-state index in [1.54, 1.807) is 6.07 Å². The van der Waals surface area contributed by atoms with Gasteiger partial charge in [-0.1, -0.05) is 6.42 Å². The van der Waals surface area contributed by atoms with Crippen molar-refractivity contribution in [2.75, 3.05) is 38.3 Å². The van der Waals surface area contributed by atoms with Gasteiger partial charge < -0.3 is 14.9 Å². The maximum Gasteiger partial charge on any atom is 0.218 e. The summed E-state index contributed by atoms with van der Waals surface area (Å²) in [6, 6.07) is 1.70. The Labute approximate surface area is 125 Å². The fourth-order valence-electron chi connectivity index (χ4n) is 2.34. The molecule has 1 aliphatic heterocycles. The fourth-order valence-corrected chi connectivity index (χ4v) is 2.34. The molecular weight excluding hydrogens is 270 g/mol. The average molecular weight is 295 g/mol. The zero-order chi connectivity index (χ0) is 14.9. The fraction of sp³-hybridized carbons (Fsp3) is 0.714. The van der Waals surface area contributed by atoms with Gasteiger partial charge in [0.1, 0.15) is 19.0 Å². The van der Waals surface area contributed by atoms with Crippen molar-refractivity contribution in [2.24, 2.45) is 5.84 Å². The molecule has 0 radical (unpaired) electrons. The van der Waals surface area contributed by atoms with Crippen LogP contribution < -0.4 is 16.0 Å². The van der Waals surface area contributed by atoms with Gasteiger partial charge in [-0.2, -0.15) is 4.98 Å². The number of hydrazine groups is 1. The summed E-state index contributed by atoms with van der Waals surface area (Å²) in [5.74, 6) is 7.05. The molecular formula is C14H25N5O2. The predicted molar refractivity (Wildman–Crippen MR) is 81.0 cm³/mol. The number of piperidine rings is 1. The first kappa shape index (κ1) is 15.9. The van der Waals surface area contributed by atoms with E-state index in [-0.39, 0.29) is 0 Å². The minimum Gasteiger partial charge on any atom is -0.476 e. The number of ether oxygens (including phenoxy) is 2. The van der Waals surface area contributed by atoms with Crippen LogP contribution in [-0.4, -0.2) is 47.7 Å². The van der Waals surface area contributed by atoms with Crippen LogP contribution in [0.2, 0.25) is 0 Å². The van der Waals surface area contributed by atoms with Crippen molar-refractivity contribution >= 4 is 5.82 Å². The SMILES string of the molecule is CCOCc1nc(NN)cc(OCCN2CCCCC2)n1. The Hall–Kier alpha value is -1.44. The smallest absolute Gasteiger partial charge is 0.218 e. The van der Waals surface area contributed by atoms with Crippen LogP contribution in [0.15, 0.2) is 6.07 Å². The number of hydrogen-bond donors (Lipinski definition) is 2. The van der Waals surface area contributed by atoms with Gasteiger partial charge in [0.25, 0.3) is 0 Å². The van der Waals surface area contributed by atoms with E-state index < -0.39 is 0 Å². The van der Waals surface area contributed by atoms with Gasteiger partial charge in [0.2, 0.25) is 5.88 Å². The van der Waals surface area contributed by atoms with Crippen LogP contribution in [0.1, 0.15) is 32.0 Å². The molecule has 1 aromatic rings. The zero-order valence-corrected chi connectivity index (χ0v) is 12.7. The number of nitrogen functional groups attached to an aromatic ring is 1. The molecule has 1 aromatic heterocycles. The molecule has 0 aromatic carbocycles. The summed E-state index contributed by atoms with van der Waals surface area (Å²) < 4.78 is 11.0. The monoisotopic (exact) mass is 295 g/mol. The molecule has 118 valence electrons. The van der Waals surface area contributed by atoms with Crippen LogP contribution in [0.25, 0.3) is 0 Å². The molecule has 1 aliphatic rings. The summed E-state index contributed by atoms with van der Waals surface area (Å²) in [6.45, 7) is 6.78. The molecule has 1 fully saturated rings. The number of nitrogens with zero attached hydrogens (tertiary/aromatic N) is 3. The lowest BCUT2D eigenvalue weighted by Gasteiger charge is -2.26. The second kappa shape index (κ2) is 8.76. The van der Waals surface area contributed by atoms with Gasteiger partial charge in [0.15, 0.2) is 5.82 Å². The van der Waals surface area contributed by atoms with E-state index in [1.807, 2.05) is 6.92 Å². The second-order valence-electron chi connectivity index (χ2n) is 5.04. The largest absolute Gasteiger partial charge is 0.476 e. The molecule has 0 unspecified atom stereocenters. The van der Waals surface area contributed by atoms with Crippen LogP contribution in [0, 0.1) is 0 Å². The van der Waals surface area contributed by atoms with Crippen LogP contribution in [-0.2, 0) is 11.3 Å². The number of hydrogen-bond acceptors (Lipinski definition) is 7. The zero-order valence-electron chi connectivity index (χ0n) is 12.7. The highest BCUT2D eigenvalue weighted by Gasteiger charge is 2.10. The maximum atomic E-state index is 5.73. The van der Waals surface area contributed by atoms with E-state index in [1.165, 1.54) is 32.4 Å². The summed E-state index contributed by atoms with van der Waals surface area (Å²) in [6.07, 6.45) is 3.91. The molecule has 7 nitrogen and oxygen atoms in total. The molecule has 0 atom stereocenters. The Balaban J connectivity index is 1.85. The minimum absolute atomic E-state index is 0.356. The van der Waals surface area contributed by atoms with Crippen LogP contribution in [0.5, 0.6) is 5.88 Å². The summed E-state index contributed by atoms with van der Waals surface area (Å²) in [4.78, 5) is 11.0. The molecule has 0 saturated carbocycles. The number of aromatic nitrogens is 2. The van der Waals surface area contributed by atoms with E-state index in [0.29, 0.717) is 37.3 Å². The first-order chi connectivity index (χ1) is 10.3. The molecule has 2 heterocycles. The summed E-state index contributed by atoms with van der Waals surface area (Å²) in [7, 11) is 0. The third kappa shape index (κ3) is 5.45. The Bertz CT molecular complexity index is 424. The molecule has 0 bridgehead atoms. The first-order valence-electron chi connectivity index (χ1n) is 7.59. The van der Waals surface area contributed by atoms with E-state index in [2.05, 4.69) is 20.3 Å². The Morgan fingerprint density at radius 3 is 2.81 bits per heavy atom. The molecule has 2 rings (SSSR count). The minimum atomic E-state index is 0.356. The van der Waals surface area contributed by atoms with Gasteiger partial charge in [-0.15, -0.1) is 0 Å². The number of rotatable bonds is 8. The van der Waals surface area contributed by atoms with E-state index >= 15 is 0 Å². The molecule has 1 saturated heterocycles. The summed E-state index contributed by atoms with van der Waals surface area (Å²) in [5.41, 5.74) is 2.53. The summed E-state index contributed by atoms with van der Waals surface area (Å²) in [5, 5.41) is 0.